The molecule has 0 atom stereocenters. The molecule has 24 heavy (non-hydrogen) atoms. The minimum absolute atomic E-state index is 0.245. The van der Waals surface area contributed by atoms with Crippen molar-refractivity contribution in [2.45, 2.75) is 13.5 Å². The third kappa shape index (κ3) is 4.20. The maximum atomic E-state index is 12.9. The minimum atomic E-state index is -0.245. The number of nitrogens with one attached hydrogen (secondary N) is 2. The summed E-state index contributed by atoms with van der Waals surface area (Å²) in [6.07, 6.45) is 1.49. The molecule has 0 aliphatic carbocycles. The first-order valence-electron chi connectivity index (χ1n) is 7.44. The van der Waals surface area contributed by atoms with Gasteiger partial charge in [-0.1, -0.05) is 23.7 Å². The fourth-order valence-electron chi connectivity index (χ4n) is 2.22. The molecule has 0 saturated carbocycles. The molecular formula is C18H16ClFN4. The van der Waals surface area contributed by atoms with Crippen LogP contribution >= 0.6 is 11.6 Å². The van der Waals surface area contributed by atoms with E-state index in [1.165, 1.54) is 18.5 Å². The van der Waals surface area contributed by atoms with Gasteiger partial charge in [-0.25, -0.2) is 14.4 Å². The second kappa shape index (κ2) is 7.27. The van der Waals surface area contributed by atoms with Crippen LogP contribution < -0.4 is 10.6 Å². The lowest BCUT2D eigenvalue weighted by Gasteiger charge is -2.11. The molecule has 122 valence electrons. The van der Waals surface area contributed by atoms with E-state index in [-0.39, 0.29) is 5.82 Å². The van der Waals surface area contributed by atoms with E-state index in [2.05, 4.69) is 20.6 Å². The van der Waals surface area contributed by atoms with Crippen LogP contribution in [0.25, 0.3) is 0 Å². The van der Waals surface area contributed by atoms with Gasteiger partial charge in [0, 0.05) is 23.3 Å². The van der Waals surface area contributed by atoms with E-state index >= 15 is 0 Å². The van der Waals surface area contributed by atoms with Crippen LogP contribution in [0.1, 0.15) is 11.1 Å². The van der Waals surface area contributed by atoms with Gasteiger partial charge in [-0.3, -0.25) is 0 Å². The quantitative estimate of drug-likeness (QED) is 0.690. The molecule has 2 N–H and O–H groups in total. The van der Waals surface area contributed by atoms with Crippen molar-refractivity contribution in [3.63, 3.8) is 0 Å². The summed E-state index contributed by atoms with van der Waals surface area (Å²) in [4.78, 5) is 8.41. The second-order valence-electron chi connectivity index (χ2n) is 5.35. The van der Waals surface area contributed by atoms with Gasteiger partial charge in [0.25, 0.3) is 0 Å². The molecule has 0 bridgehead atoms. The molecule has 0 radical (unpaired) electrons. The number of benzene rings is 2. The number of rotatable bonds is 5. The Labute approximate surface area is 144 Å². The van der Waals surface area contributed by atoms with E-state index in [0.29, 0.717) is 23.2 Å². The van der Waals surface area contributed by atoms with Gasteiger partial charge < -0.3 is 10.6 Å². The third-order valence-electron chi connectivity index (χ3n) is 3.51. The van der Waals surface area contributed by atoms with Crippen molar-refractivity contribution in [3.05, 3.63) is 76.8 Å². The predicted molar refractivity (Wildman–Crippen MR) is 95.2 cm³/mol. The van der Waals surface area contributed by atoms with E-state index in [9.17, 15) is 4.39 Å². The van der Waals surface area contributed by atoms with Crippen molar-refractivity contribution >= 4 is 28.9 Å². The van der Waals surface area contributed by atoms with Crippen molar-refractivity contribution in [2.75, 3.05) is 10.6 Å². The van der Waals surface area contributed by atoms with Crippen LogP contribution in [-0.2, 0) is 6.54 Å². The number of halogens is 2. The Morgan fingerprint density at radius 3 is 2.50 bits per heavy atom. The lowest BCUT2D eigenvalue weighted by Crippen LogP contribution is -2.03. The molecule has 0 aliphatic rings. The summed E-state index contributed by atoms with van der Waals surface area (Å²) in [5.41, 5.74) is 2.93. The average Bonchev–Trinajstić information content (AvgIpc) is 2.57. The van der Waals surface area contributed by atoms with Crippen molar-refractivity contribution in [1.82, 2.24) is 9.97 Å². The monoisotopic (exact) mass is 342 g/mol. The Bertz CT molecular complexity index is 837. The van der Waals surface area contributed by atoms with Crippen LogP contribution in [0.4, 0.5) is 21.7 Å². The maximum absolute atomic E-state index is 12.9. The fraction of sp³-hybridized carbons (Fsp3) is 0.111. The van der Waals surface area contributed by atoms with Crippen LogP contribution in [-0.4, -0.2) is 9.97 Å². The van der Waals surface area contributed by atoms with Crippen LogP contribution in [0.2, 0.25) is 5.02 Å². The summed E-state index contributed by atoms with van der Waals surface area (Å²) in [5, 5.41) is 7.14. The standard InChI is InChI=1S/C18H16ClFN4/c1-12-8-14(19)4-7-16(12)24-18-9-17(22-11-23-18)21-10-13-2-5-15(20)6-3-13/h2-9,11H,10H2,1H3,(H2,21,22,23,24). The summed E-state index contributed by atoms with van der Waals surface area (Å²) in [6, 6.07) is 13.8. The first-order valence-corrected chi connectivity index (χ1v) is 7.81. The molecule has 0 aliphatic heterocycles. The summed E-state index contributed by atoms with van der Waals surface area (Å²) in [6.45, 7) is 2.53. The van der Waals surface area contributed by atoms with Crippen molar-refractivity contribution in [3.8, 4) is 0 Å². The molecule has 3 aromatic rings. The van der Waals surface area contributed by atoms with Gasteiger partial charge in [-0.05, 0) is 48.4 Å². The SMILES string of the molecule is Cc1cc(Cl)ccc1Nc1cc(NCc2ccc(F)cc2)ncn1. The molecule has 0 saturated heterocycles. The number of anilines is 3. The zero-order chi connectivity index (χ0) is 16.9. The van der Waals surface area contributed by atoms with Gasteiger partial charge in [0.1, 0.15) is 23.8 Å². The smallest absolute Gasteiger partial charge is 0.135 e. The third-order valence-corrected chi connectivity index (χ3v) is 3.74. The molecule has 6 heteroatoms. The van der Waals surface area contributed by atoms with Gasteiger partial charge in [-0.15, -0.1) is 0 Å². The summed E-state index contributed by atoms with van der Waals surface area (Å²) < 4.78 is 12.9. The van der Waals surface area contributed by atoms with Crippen LogP contribution in [0.3, 0.4) is 0 Å². The van der Waals surface area contributed by atoms with Crippen molar-refractivity contribution in [1.29, 1.82) is 0 Å². The minimum Gasteiger partial charge on any atom is -0.366 e. The lowest BCUT2D eigenvalue weighted by molar-refractivity contribution is 0.627. The second-order valence-corrected chi connectivity index (χ2v) is 5.79. The van der Waals surface area contributed by atoms with Gasteiger partial charge >= 0.3 is 0 Å². The van der Waals surface area contributed by atoms with Crippen molar-refractivity contribution in [2.24, 2.45) is 0 Å². The van der Waals surface area contributed by atoms with E-state index in [1.54, 1.807) is 12.1 Å². The highest BCUT2D eigenvalue weighted by Gasteiger charge is 2.03. The molecule has 0 fully saturated rings. The molecule has 2 aromatic carbocycles. The highest BCUT2D eigenvalue weighted by Crippen LogP contribution is 2.23. The summed E-state index contributed by atoms with van der Waals surface area (Å²) >= 11 is 5.97. The Morgan fingerprint density at radius 1 is 1.00 bits per heavy atom. The highest BCUT2D eigenvalue weighted by molar-refractivity contribution is 6.30. The molecule has 4 nitrogen and oxygen atoms in total. The zero-order valence-corrected chi connectivity index (χ0v) is 13.8. The summed E-state index contributed by atoms with van der Waals surface area (Å²) in [5.74, 6) is 1.12. The topological polar surface area (TPSA) is 49.8 Å². The van der Waals surface area contributed by atoms with E-state index in [0.717, 1.165) is 16.8 Å². The van der Waals surface area contributed by atoms with Crippen LogP contribution in [0.5, 0.6) is 0 Å². The molecule has 3 rings (SSSR count). The number of aromatic nitrogens is 2. The highest BCUT2D eigenvalue weighted by atomic mass is 35.5. The maximum Gasteiger partial charge on any atom is 0.135 e. The Morgan fingerprint density at radius 2 is 1.75 bits per heavy atom. The number of hydrogen-bond donors (Lipinski definition) is 2. The van der Waals surface area contributed by atoms with Crippen molar-refractivity contribution < 1.29 is 4.39 Å². The molecule has 0 amide bonds. The number of nitrogens with zero attached hydrogens (tertiary/aromatic N) is 2. The van der Waals surface area contributed by atoms with Gasteiger partial charge in [0.15, 0.2) is 0 Å². The van der Waals surface area contributed by atoms with E-state index in [1.807, 2.05) is 31.2 Å². The number of aryl methyl sites for hydroxylation is 1. The largest absolute Gasteiger partial charge is 0.366 e. The van der Waals surface area contributed by atoms with Gasteiger partial charge in [0.05, 0.1) is 0 Å². The first-order chi connectivity index (χ1) is 11.6. The predicted octanol–water partition coefficient (Wildman–Crippen LogP) is 4.93. The molecule has 1 heterocycles. The van der Waals surface area contributed by atoms with Gasteiger partial charge in [-0.2, -0.15) is 0 Å². The lowest BCUT2D eigenvalue weighted by atomic mass is 10.2. The fourth-order valence-corrected chi connectivity index (χ4v) is 2.45. The van der Waals surface area contributed by atoms with E-state index in [4.69, 9.17) is 11.6 Å². The molecular weight excluding hydrogens is 327 g/mol. The normalized spacial score (nSPS) is 10.5. The van der Waals surface area contributed by atoms with Crippen LogP contribution in [0, 0.1) is 12.7 Å². The van der Waals surface area contributed by atoms with E-state index < -0.39 is 0 Å². The van der Waals surface area contributed by atoms with Crippen LogP contribution in [0.15, 0.2) is 54.9 Å². The molecule has 0 spiro atoms. The summed E-state index contributed by atoms with van der Waals surface area (Å²) in [7, 11) is 0. The van der Waals surface area contributed by atoms with Gasteiger partial charge in [0.2, 0.25) is 0 Å². The Balaban J connectivity index is 1.68. The molecule has 1 aromatic heterocycles. The number of hydrogen-bond acceptors (Lipinski definition) is 4. The zero-order valence-electron chi connectivity index (χ0n) is 13.1. The first kappa shape index (κ1) is 16.2. The Hall–Kier alpha value is -2.66. The Kier molecular flexibility index (Phi) is 4.91. The molecule has 0 unspecified atom stereocenters. The average molecular weight is 343 g/mol.